The average molecular weight is 345 g/mol. The molecule has 3 aromatic rings. The van der Waals surface area contributed by atoms with E-state index in [1.807, 2.05) is 0 Å². The summed E-state index contributed by atoms with van der Waals surface area (Å²) in [5.41, 5.74) is 0.446. The Hall–Kier alpha value is -2.87. The summed E-state index contributed by atoms with van der Waals surface area (Å²) in [4.78, 5) is 4.24. The maximum Gasteiger partial charge on any atom is 0.261 e. The van der Waals surface area contributed by atoms with Crippen molar-refractivity contribution in [2.75, 3.05) is 4.72 Å². The predicted molar refractivity (Wildman–Crippen MR) is 87.1 cm³/mol. The van der Waals surface area contributed by atoms with Crippen LogP contribution in [-0.2, 0) is 16.6 Å². The molecule has 0 amide bonds. The van der Waals surface area contributed by atoms with E-state index in [9.17, 15) is 8.42 Å². The summed E-state index contributed by atoms with van der Waals surface area (Å²) in [5.74, 6) is 1.49. The zero-order chi connectivity index (χ0) is 17.0. The highest BCUT2D eigenvalue weighted by atomic mass is 32.2. The lowest BCUT2D eigenvalue weighted by atomic mass is 10.3. The molecular formula is C16H15N3O4S. The van der Waals surface area contributed by atoms with E-state index in [0.29, 0.717) is 23.2 Å². The van der Waals surface area contributed by atoms with Crippen LogP contribution in [0.4, 0.5) is 5.69 Å². The van der Waals surface area contributed by atoms with Gasteiger partial charge in [-0.15, -0.1) is 0 Å². The van der Waals surface area contributed by atoms with Gasteiger partial charge in [0.25, 0.3) is 10.0 Å². The molecule has 7 nitrogen and oxygen atoms in total. The van der Waals surface area contributed by atoms with Crippen molar-refractivity contribution < 1.29 is 17.7 Å². The van der Waals surface area contributed by atoms with Crippen molar-refractivity contribution in [1.82, 2.24) is 10.1 Å². The fourth-order valence-corrected chi connectivity index (χ4v) is 3.06. The first-order valence-electron chi connectivity index (χ1n) is 7.13. The summed E-state index contributed by atoms with van der Waals surface area (Å²) < 4.78 is 37.3. The Morgan fingerprint density at radius 1 is 1.08 bits per heavy atom. The summed E-state index contributed by atoms with van der Waals surface area (Å²) in [5, 5.41) is 3.73. The van der Waals surface area contributed by atoms with Gasteiger partial charge in [-0.25, -0.2) is 8.42 Å². The maximum atomic E-state index is 12.2. The van der Waals surface area contributed by atoms with Gasteiger partial charge in [0.05, 0.1) is 4.90 Å². The molecule has 0 spiro atoms. The Kier molecular flexibility index (Phi) is 4.48. The highest BCUT2D eigenvalue weighted by Gasteiger charge is 2.13. The third-order valence-corrected chi connectivity index (χ3v) is 4.49. The Labute approximate surface area is 139 Å². The highest BCUT2D eigenvalue weighted by molar-refractivity contribution is 7.92. The summed E-state index contributed by atoms with van der Waals surface area (Å²) in [6.07, 6.45) is 0. The van der Waals surface area contributed by atoms with Crippen LogP contribution in [0, 0.1) is 6.92 Å². The van der Waals surface area contributed by atoms with E-state index < -0.39 is 10.0 Å². The van der Waals surface area contributed by atoms with E-state index in [-0.39, 0.29) is 11.5 Å². The van der Waals surface area contributed by atoms with Crippen molar-refractivity contribution in [3.8, 4) is 5.75 Å². The largest absolute Gasteiger partial charge is 0.485 e. The molecule has 0 aliphatic rings. The van der Waals surface area contributed by atoms with Crippen LogP contribution in [-0.4, -0.2) is 18.6 Å². The van der Waals surface area contributed by atoms with Gasteiger partial charge in [0, 0.05) is 12.6 Å². The minimum absolute atomic E-state index is 0.173. The molecule has 0 atom stereocenters. The molecule has 8 heteroatoms. The second-order valence-corrected chi connectivity index (χ2v) is 6.64. The van der Waals surface area contributed by atoms with Gasteiger partial charge in [0.1, 0.15) is 5.75 Å². The lowest BCUT2D eigenvalue weighted by molar-refractivity contribution is 0.286. The fourth-order valence-electron chi connectivity index (χ4n) is 1.98. The van der Waals surface area contributed by atoms with Crippen molar-refractivity contribution in [3.05, 3.63) is 66.3 Å². The van der Waals surface area contributed by atoms with E-state index in [2.05, 4.69) is 14.9 Å². The van der Waals surface area contributed by atoms with Crippen molar-refractivity contribution in [3.63, 3.8) is 0 Å². The highest BCUT2D eigenvalue weighted by Crippen LogP contribution is 2.20. The van der Waals surface area contributed by atoms with Gasteiger partial charge in [0.15, 0.2) is 6.61 Å². The standard InChI is InChI=1S/C16H15N3O4S/c1-12-17-16(18-23-12)11-22-14-9-7-13(8-10-14)19-24(20,21)15-5-3-2-4-6-15/h2-10,19H,11H2,1H3. The van der Waals surface area contributed by atoms with Gasteiger partial charge < -0.3 is 9.26 Å². The number of rotatable bonds is 6. The topological polar surface area (TPSA) is 94.3 Å². The van der Waals surface area contributed by atoms with Crippen LogP contribution in [0.3, 0.4) is 0 Å². The smallest absolute Gasteiger partial charge is 0.261 e. The van der Waals surface area contributed by atoms with Crippen LogP contribution >= 0.6 is 0 Å². The molecule has 2 aromatic carbocycles. The second kappa shape index (κ2) is 6.71. The number of sulfonamides is 1. The number of anilines is 1. The third kappa shape index (κ3) is 3.90. The van der Waals surface area contributed by atoms with Crippen molar-refractivity contribution in [1.29, 1.82) is 0 Å². The minimum atomic E-state index is -3.60. The molecule has 1 heterocycles. The second-order valence-electron chi connectivity index (χ2n) is 4.96. The molecule has 1 aromatic heterocycles. The minimum Gasteiger partial charge on any atom is -0.485 e. The van der Waals surface area contributed by atoms with Crippen LogP contribution in [0.25, 0.3) is 0 Å². The summed E-state index contributed by atoms with van der Waals surface area (Å²) in [6, 6.07) is 14.7. The first-order chi connectivity index (χ1) is 11.5. The first-order valence-corrected chi connectivity index (χ1v) is 8.61. The summed E-state index contributed by atoms with van der Waals surface area (Å²) in [6.45, 7) is 1.87. The average Bonchev–Trinajstić information content (AvgIpc) is 3.00. The van der Waals surface area contributed by atoms with Crippen LogP contribution in [0.1, 0.15) is 11.7 Å². The van der Waals surface area contributed by atoms with Crippen molar-refractivity contribution in [2.24, 2.45) is 0 Å². The molecule has 3 rings (SSSR count). The Morgan fingerprint density at radius 2 is 1.79 bits per heavy atom. The SMILES string of the molecule is Cc1nc(COc2ccc(NS(=O)(=O)c3ccccc3)cc2)no1. The molecule has 0 fully saturated rings. The van der Waals surface area contributed by atoms with E-state index >= 15 is 0 Å². The molecule has 124 valence electrons. The molecule has 0 bridgehead atoms. The molecule has 0 unspecified atom stereocenters. The fraction of sp³-hybridized carbons (Fsp3) is 0.125. The summed E-state index contributed by atoms with van der Waals surface area (Å²) in [7, 11) is -3.60. The number of aromatic nitrogens is 2. The Balaban J connectivity index is 1.64. The van der Waals surface area contributed by atoms with E-state index in [4.69, 9.17) is 9.26 Å². The Morgan fingerprint density at radius 3 is 2.42 bits per heavy atom. The van der Waals surface area contributed by atoms with Crippen LogP contribution in [0.2, 0.25) is 0 Å². The van der Waals surface area contributed by atoms with Gasteiger partial charge >= 0.3 is 0 Å². The zero-order valence-electron chi connectivity index (χ0n) is 12.8. The van der Waals surface area contributed by atoms with Crippen LogP contribution in [0.15, 0.2) is 64.0 Å². The third-order valence-electron chi connectivity index (χ3n) is 3.10. The molecule has 0 aliphatic carbocycles. The van der Waals surface area contributed by atoms with E-state index in [0.717, 1.165) is 0 Å². The molecule has 0 radical (unpaired) electrons. The maximum absolute atomic E-state index is 12.2. The molecular weight excluding hydrogens is 330 g/mol. The van der Waals surface area contributed by atoms with Gasteiger partial charge in [-0.05, 0) is 36.4 Å². The number of nitrogens with zero attached hydrogens (tertiary/aromatic N) is 2. The van der Waals surface area contributed by atoms with Gasteiger partial charge in [-0.2, -0.15) is 4.98 Å². The monoisotopic (exact) mass is 345 g/mol. The quantitative estimate of drug-likeness (QED) is 0.738. The van der Waals surface area contributed by atoms with E-state index in [1.165, 1.54) is 12.1 Å². The number of hydrogen-bond donors (Lipinski definition) is 1. The first kappa shape index (κ1) is 16.0. The number of benzene rings is 2. The predicted octanol–water partition coefficient (Wildman–Crippen LogP) is 2.76. The van der Waals surface area contributed by atoms with Crippen LogP contribution < -0.4 is 9.46 Å². The molecule has 0 saturated carbocycles. The molecule has 0 aliphatic heterocycles. The number of aryl methyl sites for hydroxylation is 1. The van der Waals surface area contributed by atoms with Gasteiger partial charge in [-0.1, -0.05) is 23.4 Å². The normalized spacial score (nSPS) is 11.2. The molecule has 24 heavy (non-hydrogen) atoms. The lowest BCUT2D eigenvalue weighted by Gasteiger charge is -2.09. The van der Waals surface area contributed by atoms with Gasteiger partial charge in [-0.3, -0.25) is 4.72 Å². The number of nitrogens with one attached hydrogen (secondary N) is 1. The van der Waals surface area contributed by atoms with Crippen molar-refractivity contribution >= 4 is 15.7 Å². The molecule has 1 N–H and O–H groups in total. The number of hydrogen-bond acceptors (Lipinski definition) is 6. The zero-order valence-corrected chi connectivity index (χ0v) is 13.7. The Bertz CT molecular complexity index is 906. The molecule has 0 saturated heterocycles. The lowest BCUT2D eigenvalue weighted by Crippen LogP contribution is -2.12. The summed E-state index contributed by atoms with van der Waals surface area (Å²) >= 11 is 0. The number of ether oxygens (including phenoxy) is 1. The van der Waals surface area contributed by atoms with Crippen molar-refractivity contribution in [2.45, 2.75) is 18.4 Å². The van der Waals surface area contributed by atoms with Crippen LogP contribution in [0.5, 0.6) is 5.75 Å². The van der Waals surface area contributed by atoms with E-state index in [1.54, 1.807) is 49.4 Å². The van der Waals surface area contributed by atoms with Gasteiger partial charge in [0.2, 0.25) is 11.7 Å².